The highest BCUT2D eigenvalue weighted by atomic mass is 32.1. The molecular formula is C19H30N4O2S. The molecule has 2 amide bonds. The summed E-state index contributed by atoms with van der Waals surface area (Å²) in [6.45, 7) is 6.96. The van der Waals surface area contributed by atoms with Gasteiger partial charge < -0.3 is 10.2 Å². The van der Waals surface area contributed by atoms with E-state index in [1.54, 1.807) is 11.3 Å². The number of piperidine rings is 1. The summed E-state index contributed by atoms with van der Waals surface area (Å²) in [5, 5.41) is 5.07. The zero-order chi connectivity index (χ0) is 18.2. The van der Waals surface area contributed by atoms with Crippen LogP contribution in [0.15, 0.2) is 17.5 Å². The Morgan fingerprint density at radius 3 is 2.31 bits per heavy atom. The largest absolute Gasteiger partial charge is 0.355 e. The average Bonchev–Trinajstić information content (AvgIpc) is 3.17. The smallest absolute Gasteiger partial charge is 0.236 e. The van der Waals surface area contributed by atoms with Gasteiger partial charge in [-0.3, -0.25) is 19.4 Å². The normalized spacial score (nSPS) is 19.5. The van der Waals surface area contributed by atoms with E-state index in [4.69, 9.17) is 0 Å². The number of likely N-dealkylation sites (tertiary alicyclic amines) is 1. The predicted molar refractivity (Wildman–Crippen MR) is 104 cm³/mol. The molecule has 0 atom stereocenters. The molecule has 144 valence electrons. The zero-order valence-electron chi connectivity index (χ0n) is 15.5. The first-order valence-corrected chi connectivity index (χ1v) is 10.6. The van der Waals surface area contributed by atoms with Crippen molar-refractivity contribution in [2.45, 2.75) is 25.7 Å². The highest BCUT2D eigenvalue weighted by Gasteiger charge is 2.23. The molecular weight excluding hydrogens is 348 g/mol. The Morgan fingerprint density at radius 2 is 1.65 bits per heavy atom. The molecule has 1 N–H and O–H groups in total. The molecule has 0 saturated carbocycles. The van der Waals surface area contributed by atoms with E-state index in [1.807, 2.05) is 11.0 Å². The van der Waals surface area contributed by atoms with Crippen molar-refractivity contribution in [1.82, 2.24) is 20.0 Å². The van der Waals surface area contributed by atoms with Crippen molar-refractivity contribution >= 4 is 23.2 Å². The van der Waals surface area contributed by atoms with Gasteiger partial charge in [-0.2, -0.15) is 0 Å². The second-order valence-corrected chi connectivity index (χ2v) is 8.21. The minimum Gasteiger partial charge on any atom is -0.355 e. The van der Waals surface area contributed by atoms with Crippen LogP contribution in [0.2, 0.25) is 0 Å². The van der Waals surface area contributed by atoms with E-state index < -0.39 is 0 Å². The predicted octanol–water partition coefficient (Wildman–Crippen LogP) is 1.04. The van der Waals surface area contributed by atoms with E-state index in [0.29, 0.717) is 19.6 Å². The number of nitrogens with one attached hydrogen (secondary N) is 1. The molecule has 2 saturated heterocycles. The van der Waals surface area contributed by atoms with E-state index in [-0.39, 0.29) is 11.8 Å². The van der Waals surface area contributed by atoms with Crippen LogP contribution in [0, 0.1) is 0 Å². The maximum absolute atomic E-state index is 12.3. The molecule has 0 spiro atoms. The van der Waals surface area contributed by atoms with Gasteiger partial charge in [-0.05, 0) is 37.1 Å². The van der Waals surface area contributed by atoms with Gasteiger partial charge in [0.05, 0.1) is 13.1 Å². The lowest BCUT2D eigenvalue weighted by Gasteiger charge is -2.35. The highest BCUT2D eigenvalue weighted by Crippen LogP contribution is 2.10. The highest BCUT2D eigenvalue weighted by molar-refractivity contribution is 7.09. The Hall–Kier alpha value is -1.44. The molecule has 6 nitrogen and oxygen atoms in total. The maximum atomic E-state index is 12.3. The van der Waals surface area contributed by atoms with Crippen molar-refractivity contribution < 1.29 is 9.59 Å². The lowest BCUT2D eigenvalue weighted by molar-refractivity contribution is -0.134. The molecule has 2 aliphatic heterocycles. The van der Waals surface area contributed by atoms with Crippen LogP contribution in [0.25, 0.3) is 0 Å². The maximum Gasteiger partial charge on any atom is 0.236 e. The third-order valence-corrected chi connectivity index (χ3v) is 6.11. The summed E-state index contributed by atoms with van der Waals surface area (Å²) < 4.78 is 0. The first-order chi connectivity index (χ1) is 12.7. The molecule has 0 radical (unpaired) electrons. The van der Waals surface area contributed by atoms with Gasteiger partial charge in [0.15, 0.2) is 0 Å². The standard InChI is InChI=1S/C19H30N4O2S/c24-18(20-7-6-17-5-4-14-26-17)15-21-10-12-22(13-11-21)16-19(25)23-8-2-1-3-9-23/h4-5,14H,1-3,6-13,15-16H2,(H,20,24). The topological polar surface area (TPSA) is 55.9 Å². The van der Waals surface area contributed by atoms with Crippen LogP contribution in [-0.4, -0.2) is 85.4 Å². The van der Waals surface area contributed by atoms with Gasteiger partial charge in [0, 0.05) is 50.7 Å². The molecule has 0 aromatic carbocycles. The molecule has 26 heavy (non-hydrogen) atoms. The van der Waals surface area contributed by atoms with Crippen molar-refractivity contribution in [3.05, 3.63) is 22.4 Å². The third-order valence-electron chi connectivity index (χ3n) is 5.17. The van der Waals surface area contributed by atoms with Crippen LogP contribution in [0.5, 0.6) is 0 Å². The molecule has 1 aromatic rings. The van der Waals surface area contributed by atoms with Crippen LogP contribution in [-0.2, 0) is 16.0 Å². The molecule has 7 heteroatoms. The molecule has 3 rings (SSSR count). The number of hydrogen-bond donors (Lipinski definition) is 1. The Bertz CT molecular complexity index is 564. The van der Waals surface area contributed by atoms with Crippen LogP contribution in [0.4, 0.5) is 0 Å². The number of piperazine rings is 1. The molecule has 3 heterocycles. The molecule has 0 bridgehead atoms. The van der Waals surface area contributed by atoms with E-state index in [0.717, 1.165) is 58.5 Å². The van der Waals surface area contributed by atoms with Crippen molar-refractivity contribution in [3.8, 4) is 0 Å². The number of amides is 2. The van der Waals surface area contributed by atoms with E-state index in [2.05, 4.69) is 26.6 Å². The van der Waals surface area contributed by atoms with E-state index in [1.165, 1.54) is 11.3 Å². The number of rotatable bonds is 7. The average molecular weight is 379 g/mol. The van der Waals surface area contributed by atoms with Crippen molar-refractivity contribution in [1.29, 1.82) is 0 Å². The lowest BCUT2D eigenvalue weighted by atomic mass is 10.1. The van der Waals surface area contributed by atoms with Crippen LogP contribution in [0.1, 0.15) is 24.1 Å². The van der Waals surface area contributed by atoms with Gasteiger partial charge in [-0.1, -0.05) is 6.07 Å². The summed E-state index contributed by atoms with van der Waals surface area (Å²) in [4.78, 5) is 32.2. The summed E-state index contributed by atoms with van der Waals surface area (Å²) in [6.07, 6.45) is 4.43. The molecule has 0 aliphatic carbocycles. The quantitative estimate of drug-likeness (QED) is 0.770. The first-order valence-electron chi connectivity index (χ1n) is 9.72. The number of thiophene rings is 1. The van der Waals surface area contributed by atoms with Gasteiger partial charge in [0.25, 0.3) is 0 Å². The molecule has 2 fully saturated rings. The fourth-order valence-electron chi connectivity index (χ4n) is 3.58. The fourth-order valence-corrected chi connectivity index (χ4v) is 4.29. The molecule has 2 aliphatic rings. The van der Waals surface area contributed by atoms with E-state index >= 15 is 0 Å². The molecule has 0 unspecified atom stereocenters. The fraction of sp³-hybridized carbons (Fsp3) is 0.684. The van der Waals surface area contributed by atoms with Gasteiger partial charge in [-0.25, -0.2) is 0 Å². The second-order valence-electron chi connectivity index (χ2n) is 7.17. The van der Waals surface area contributed by atoms with Gasteiger partial charge in [0.1, 0.15) is 0 Å². The second kappa shape index (κ2) is 10.0. The number of carbonyl (C=O) groups is 2. The Kier molecular flexibility index (Phi) is 7.46. The van der Waals surface area contributed by atoms with Crippen LogP contribution >= 0.6 is 11.3 Å². The minimum atomic E-state index is 0.0967. The van der Waals surface area contributed by atoms with Crippen LogP contribution in [0.3, 0.4) is 0 Å². The van der Waals surface area contributed by atoms with Crippen molar-refractivity contribution in [3.63, 3.8) is 0 Å². The first kappa shape index (κ1) is 19.3. The van der Waals surface area contributed by atoms with Gasteiger partial charge in [-0.15, -0.1) is 11.3 Å². The van der Waals surface area contributed by atoms with Crippen molar-refractivity contribution in [2.24, 2.45) is 0 Å². The molecule has 1 aromatic heterocycles. The SMILES string of the molecule is O=C(CN1CCN(CC(=O)N2CCCCC2)CC1)NCCc1cccs1. The zero-order valence-corrected chi connectivity index (χ0v) is 16.3. The number of carbonyl (C=O) groups excluding carboxylic acids is 2. The summed E-state index contributed by atoms with van der Waals surface area (Å²) in [7, 11) is 0. The Labute approximate surface area is 160 Å². The summed E-state index contributed by atoms with van der Waals surface area (Å²) in [5.74, 6) is 0.365. The number of nitrogens with zero attached hydrogens (tertiary/aromatic N) is 3. The summed E-state index contributed by atoms with van der Waals surface area (Å²) >= 11 is 1.73. The summed E-state index contributed by atoms with van der Waals surface area (Å²) in [6, 6.07) is 4.14. The van der Waals surface area contributed by atoms with E-state index in [9.17, 15) is 9.59 Å². The van der Waals surface area contributed by atoms with Crippen molar-refractivity contribution in [2.75, 3.05) is 58.9 Å². The van der Waals surface area contributed by atoms with Crippen LogP contribution < -0.4 is 5.32 Å². The van der Waals surface area contributed by atoms with Gasteiger partial charge >= 0.3 is 0 Å². The third kappa shape index (κ3) is 6.07. The Morgan fingerprint density at radius 1 is 0.962 bits per heavy atom. The number of hydrogen-bond acceptors (Lipinski definition) is 5. The monoisotopic (exact) mass is 378 g/mol. The minimum absolute atomic E-state index is 0.0967. The Balaban J connectivity index is 1.29. The summed E-state index contributed by atoms with van der Waals surface area (Å²) in [5.41, 5.74) is 0. The lowest BCUT2D eigenvalue weighted by Crippen LogP contribution is -2.52. The van der Waals surface area contributed by atoms with Gasteiger partial charge in [0.2, 0.25) is 11.8 Å².